The summed E-state index contributed by atoms with van der Waals surface area (Å²) in [6, 6.07) is 16.3. The molecule has 0 atom stereocenters. The highest BCUT2D eigenvalue weighted by Gasteiger charge is 2.23. The second kappa shape index (κ2) is 9.99. The van der Waals surface area contributed by atoms with Gasteiger partial charge >= 0.3 is 0 Å². The molecule has 8 nitrogen and oxygen atoms in total. The van der Waals surface area contributed by atoms with E-state index in [0.29, 0.717) is 19.7 Å². The van der Waals surface area contributed by atoms with Crippen LogP contribution in [-0.4, -0.2) is 63.3 Å². The van der Waals surface area contributed by atoms with Gasteiger partial charge < -0.3 is 9.64 Å². The Balaban J connectivity index is 1.32. The van der Waals surface area contributed by atoms with Gasteiger partial charge in [0, 0.05) is 51.2 Å². The Kier molecular flexibility index (Phi) is 6.68. The molecule has 0 bridgehead atoms. The van der Waals surface area contributed by atoms with Gasteiger partial charge in [0.1, 0.15) is 18.1 Å². The predicted molar refractivity (Wildman–Crippen MR) is 116 cm³/mol. The number of benzene rings is 1. The van der Waals surface area contributed by atoms with Gasteiger partial charge in [-0.3, -0.25) is 19.5 Å². The minimum absolute atomic E-state index is 0.154. The molecule has 31 heavy (non-hydrogen) atoms. The van der Waals surface area contributed by atoms with Crippen molar-refractivity contribution < 1.29 is 9.53 Å². The number of piperazine rings is 1. The monoisotopic (exact) mass is 419 g/mol. The molecule has 3 heterocycles. The van der Waals surface area contributed by atoms with E-state index in [-0.39, 0.29) is 23.7 Å². The smallest absolute Gasteiger partial charge is 0.274 e. The number of para-hydroxylation sites is 1. The average Bonchev–Trinajstić information content (AvgIpc) is 2.82. The molecule has 1 amide bonds. The number of carbonyl (C=O) groups excluding carboxylic acids is 1. The van der Waals surface area contributed by atoms with Gasteiger partial charge in [0.05, 0.1) is 6.54 Å². The molecule has 8 heteroatoms. The third-order valence-corrected chi connectivity index (χ3v) is 5.19. The summed E-state index contributed by atoms with van der Waals surface area (Å²) in [6.07, 6.45) is 3.63. The standard InChI is InChI=1S/C23H25N5O3/c29-22-9-8-21(25-28(22)15-16-31-20-6-2-1-3-7-20)23(30)27-13-11-26(12-14-27)18-19-5-4-10-24-17-19/h1-10,17H,11-16,18H2. The first-order chi connectivity index (χ1) is 15.2. The molecule has 0 unspecified atom stereocenters. The molecule has 1 fully saturated rings. The lowest BCUT2D eigenvalue weighted by atomic mass is 10.2. The molecule has 0 N–H and O–H groups in total. The van der Waals surface area contributed by atoms with Crippen molar-refractivity contribution in [2.24, 2.45) is 0 Å². The van der Waals surface area contributed by atoms with E-state index in [2.05, 4.69) is 21.0 Å². The molecule has 1 saturated heterocycles. The Morgan fingerprint density at radius 3 is 2.52 bits per heavy atom. The van der Waals surface area contributed by atoms with Crippen LogP contribution in [0.1, 0.15) is 16.1 Å². The number of hydrogen-bond acceptors (Lipinski definition) is 6. The fourth-order valence-corrected chi connectivity index (χ4v) is 3.51. The van der Waals surface area contributed by atoms with Crippen molar-refractivity contribution in [1.29, 1.82) is 0 Å². The lowest BCUT2D eigenvalue weighted by molar-refractivity contribution is 0.0619. The molecule has 2 aromatic heterocycles. The maximum atomic E-state index is 12.9. The molecule has 0 spiro atoms. The first-order valence-corrected chi connectivity index (χ1v) is 10.4. The van der Waals surface area contributed by atoms with E-state index in [0.717, 1.165) is 30.9 Å². The average molecular weight is 419 g/mol. The minimum Gasteiger partial charge on any atom is -0.492 e. The molecule has 0 aliphatic carbocycles. The molecular weight excluding hydrogens is 394 g/mol. The number of carbonyl (C=O) groups is 1. The van der Waals surface area contributed by atoms with E-state index in [9.17, 15) is 9.59 Å². The molecule has 0 saturated carbocycles. The van der Waals surface area contributed by atoms with Crippen molar-refractivity contribution in [2.45, 2.75) is 13.1 Å². The van der Waals surface area contributed by atoms with Crippen molar-refractivity contribution >= 4 is 5.91 Å². The highest BCUT2D eigenvalue weighted by Crippen LogP contribution is 2.10. The summed E-state index contributed by atoms with van der Waals surface area (Å²) < 4.78 is 6.92. The van der Waals surface area contributed by atoms with Crippen LogP contribution in [0.3, 0.4) is 0 Å². The van der Waals surface area contributed by atoms with E-state index < -0.39 is 0 Å². The summed E-state index contributed by atoms with van der Waals surface area (Å²) in [5, 5.41) is 4.28. The molecular formula is C23H25N5O3. The van der Waals surface area contributed by atoms with Crippen LogP contribution < -0.4 is 10.3 Å². The maximum absolute atomic E-state index is 12.9. The van der Waals surface area contributed by atoms with Gasteiger partial charge in [-0.15, -0.1) is 0 Å². The Bertz CT molecular complexity index is 1050. The molecule has 3 aromatic rings. The van der Waals surface area contributed by atoms with E-state index in [1.165, 1.54) is 16.8 Å². The van der Waals surface area contributed by atoms with Gasteiger partial charge in [0.2, 0.25) is 0 Å². The highest BCUT2D eigenvalue weighted by atomic mass is 16.5. The normalized spacial score (nSPS) is 14.4. The molecule has 4 rings (SSSR count). The van der Waals surface area contributed by atoms with Gasteiger partial charge in [0.15, 0.2) is 0 Å². The third-order valence-electron chi connectivity index (χ3n) is 5.19. The van der Waals surface area contributed by atoms with E-state index in [1.54, 1.807) is 11.1 Å². The lowest BCUT2D eigenvalue weighted by Crippen LogP contribution is -2.48. The number of ether oxygens (including phenoxy) is 1. The van der Waals surface area contributed by atoms with Crippen molar-refractivity contribution in [1.82, 2.24) is 24.6 Å². The number of aromatic nitrogens is 3. The molecule has 1 aliphatic heterocycles. The lowest BCUT2D eigenvalue weighted by Gasteiger charge is -2.34. The van der Waals surface area contributed by atoms with E-state index in [4.69, 9.17) is 4.74 Å². The second-order valence-corrected chi connectivity index (χ2v) is 7.37. The zero-order chi connectivity index (χ0) is 21.5. The van der Waals surface area contributed by atoms with Crippen LogP contribution in [0.15, 0.2) is 71.8 Å². The van der Waals surface area contributed by atoms with E-state index >= 15 is 0 Å². The zero-order valence-electron chi connectivity index (χ0n) is 17.3. The molecule has 1 aromatic carbocycles. The van der Waals surface area contributed by atoms with Crippen LogP contribution in [0.5, 0.6) is 5.75 Å². The zero-order valence-corrected chi connectivity index (χ0v) is 17.3. The largest absolute Gasteiger partial charge is 0.492 e. The van der Waals surface area contributed by atoms with E-state index in [1.807, 2.05) is 42.6 Å². The van der Waals surface area contributed by atoms with Gasteiger partial charge in [-0.05, 0) is 29.8 Å². The van der Waals surface area contributed by atoms with Crippen LogP contribution in [0.25, 0.3) is 0 Å². The summed E-state index contributed by atoms with van der Waals surface area (Å²) >= 11 is 0. The van der Waals surface area contributed by atoms with Crippen LogP contribution in [-0.2, 0) is 13.1 Å². The Morgan fingerprint density at radius 1 is 0.968 bits per heavy atom. The topological polar surface area (TPSA) is 80.6 Å². The van der Waals surface area contributed by atoms with Crippen molar-refractivity contribution in [3.8, 4) is 5.75 Å². The molecule has 1 aliphatic rings. The second-order valence-electron chi connectivity index (χ2n) is 7.37. The third kappa shape index (κ3) is 5.55. The summed E-state index contributed by atoms with van der Waals surface area (Å²) in [6.45, 7) is 4.19. The number of rotatable bonds is 7. The Labute approximate surface area is 180 Å². The first kappa shape index (κ1) is 20.7. The van der Waals surface area contributed by atoms with Gasteiger partial charge in [-0.2, -0.15) is 5.10 Å². The fourth-order valence-electron chi connectivity index (χ4n) is 3.51. The predicted octanol–water partition coefficient (Wildman–Crippen LogP) is 1.68. The number of nitrogens with zero attached hydrogens (tertiary/aromatic N) is 5. The Morgan fingerprint density at radius 2 is 1.77 bits per heavy atom. The van der Waals surface area contributed by atoms with Crippen LogP contribution >= 0.6 is 0 Å². The molecule has 160 valence electrons. The maximum Gasteiger partial charge on any atom is 0.274 e. The van der Waals surface area contributed by atoms with Gasteiger partial charge in [-0.25, -0.2) is 4.68 Å². The SMILES string of the molecule is O=C(c1ccc(=O)n(CCOc2ccccc2)n1)N1CCN(Cc2cccnc2)CC1. The Hall–Kier alpha value is -3.52. The summed E-state index contributed by atoms with van der Waals surface area (Å²) in [4.78, 5) is 33.3. The summed E-state index contributed by atoms with van der Waals surface area (Å²) in [7, 11) is 0. The number of hydrogen-bond donors (Lipinski definition) is 0. The number of pyridine rings is 1. The summed E-state index contributed by atoms with van der Waals surface area (Å²) in [5.74, 6) is 0.575. The molecule has 0 radical (unpaired) electrons. The summed E-state index contributed by atoms with van der Waals surface area (Å²) in [5.41, 5.74) is 1.18. The van der Waals surface area contributed by atoms with Gasteiger partial charge in [-0.1, -0.05) is 24.3 Å². The van der Waals surface area contributed by atoms with Crippen molar-refractivity contribution in [2.75, 3.05) is 32.8 Å². The first-order valence-electron chi connectivity index (χ1n) is 10.4. The van der Waals surface area contributed by atoms with Crippen molar-refractivity contribution in [3.05, 3.63) is 88.6 Å². The number of amides is 1. The highest BCUT2D eigenvalue weighted by molar-refractivity contribution is 5.92. The van der Waals surface area contributed by atoms with Gasteiger partial charge in [0.25, 0.3) is 11.5 Å². The van der Waals surface area contributed by atoms with Crippen LogP contribution in [0.4, 0.5) is 0 Å². The quantitative estimate of drug-likeness (QED) is 0.580. The van der Waals surface area contributed by atoms with Crippen LogP contribution in [0.2, 0.25) is 0 Å². The fraction of sp³-hybridized carbons (Fsp3) is 0.304. The van der Waals surface area contributed by atoms with Crippen molar-refractivity contribution in [3.63, 3.8) is 0 Å². The minimum atomic E-state index is -0.255. The van der Waals surface area contributed by atoms with Crippen LogP contribution in [0, 0.1) is 0 Å².